The maximum absolute atomic E-state index is 12.0. The van der Waals surface area contributed by atoms with Crippen LogP contribution in [0.1, 0.15) is 12.5 Å². The molecule has 7 nitrogen and oxygen atoms in total. The molecule has 0 unspecified atom stereocenters. The first-order valence-corrected chi connectivity index (χ1v) is 7.52. The summed E-state index contributed by atoms with van der Waals surface area (Å²) in [6.07, 6.45) is 0. The minimum absolute atomic E-state index is 0.00915. The lowest BCUT2D eigenvalue weighted by Gasteiger charge is -2.10. The number of ether oxygens (including phenoxy) is 1. The zero-order valence-corrected chi connectivity index (χ0v) is 13.5. The van der Waals surface area contributed by atoms with Gasteiger partial charge in [0.15, 0.2) is 0 Å². The van der Waals surface area contributed by atoms with Crippen molar-refractivity contribution in [1.29, 1.82) is 0 Å². The van der Waals surface area contributed by atoms with Gasteiger partial charge in [0.1, 0.15) is 5.75 Å². The smallest absolute Gasteiger partial charge is 0.274 e. The molecule has 126 valence electrons. The van der Waals surface area contributed by atoms with E-state index in [2.05, 4.69) is 10.6 Å². The van der Waals surface area contributed by atoms with Gasteiger partial charge in [-0.3, -0.25) is 14.9 Å². The molecule has 0 aliphatic rings. The molecule has 2 aromatic carbocycles. The van der Waals surface area contributed by atoms with E-state index < -0.39 is 4.92 Å². The number of rotatable bonds is 7. The van der Waals surface area contributed by atoms with Crippen molar-refractivity contribution >= 4 is 23.0 Å². The Kier molecular flexibility index (Phi) is 5.73. The zero-order valence-electron chi connectivity index (χ0n) is 13.5. The summed E-state index contributed by atoms with van der Waals surface area (Å²) in [5.41, 5.74) is 1.73. The Morgan fingerprint density at radius 3 is 2.54 bits per heavy atom. The fourth-order valence-electron chi connectivity index (χ4n) is 2.19. The highest BCUT2D eigenvalue weighted by atomic mass is 16.6. The predicted octanol–water partition coefficient (Wildman–Crippen LogP) is 3.35. The van der Waals surface area contributed by atoms with Crippen molar-refractivity contribution in [3.05, 3.63) is 58.1 Å². The number of nitrogens with one attached hydrogen (secondary N) is 2. The van der Waals surface area contributed by atoms with E-state index in [1.807, 2.05) is 6.92 Å². The molecular formula is C17H19N3O4. The molecule has 0 spiro atoms. The van der Waals surface area contributed by atoms with Crippen LogP contribution in [0.3, 0.4) is 0 Å². The third-order valence-electron chi connectivity index (χ3n) is 3.39. The van der Waals surface area contributed by atoms with Gasteiger partial charge in [0.05, 0.1) is 18.1 Å². The molecule has 0 aliphatic heterocycles. The Morgan fingerprint density at radius 1 is 1.21 bits per heavy atom. The second-order valence-electron chi connectivity index (χ2n) is 5.07. The van der Waals surface area contributed by atoms with Gasteiger partial charge in [-0.05, 0) is 44.2 Å². The van der Waals surface area contributed by atoms with E-state index in [1.54, 1.807) is 43.3 Å². The first kappa shape index (κ1) is 17.3. The third-order valence-corrected chi connectivity index (χ3v) is 3.39. The molecular weight excluding hydrogens is 310 g/mol. The highest BCUT2D eigenvalue weighted by Gasteiger charge is 2.13. The zero-order chi connectivity index (χ0) is 17.5. The summed E-state index contributed by atoms with van der Waals surface area (Å²) in [5, 5.41) is 16.6. The minimum Gasteiger partial charge on any atom is -0.494 e. The molecule has 0 atom stereocenters. The Bertz CT molecular complexity index is 729. The van der Waals surface area contributed by atoms with Crippen molar-refractivity contribution in [3.8, 4) is 5.75 Å². The lowest BCUT2D eigenvalue weighted by atomic mass is 10.1. The van der Waals surface area contributed by atoms with Crippen molar-refractivity contribution in [2.24, 2.45) is 0 Å². The second-order valence-corrected chi connectivity index (χ2v) is 5.07. The largest absolute Gasteiger partial charge is 0.494 e. The van der Waals surface area contributed by atoms with Gasteiger partial charge in [-0.2, -0.15) is 0 Å². The van der Waals surface area contributed by atoms with Crippen molar-refractivity contribution in [3.63, 3.8) is 0 Å². The lowest BCUT2D eigenvalue weighted by molar-refractivity contribution is -0.385. The molecule has 0 fully saturated rings. The van der Waals surface area contributed by atoms with Gasteiger partial charge in [-0.15, -0.1) is 0 Å². The van der Waals surface area contributed by atoms with E-state index in [1.165, 1.54) is 6.07 Å². The van der Waals surface area contributed by atoms with Gasteiger partial charge in [-0.1, -0.05) is 6.07 Å². The number of hydrogen-bond donors (Lipinski definition) is 2. The number of amides is 1. The standard InChI is InChI=1S/C17H19N3O4/c1-3-24-14-9-7-13(8-10-14)19-17(21)11-18-15-5-4-6-16(12(15)2)20(22)23/h4-10,18H,3,11H2,1-2H3,(H,19,21). The first-order chi connectivity index (χ1) is 11.5. The Labute approximate surface area is 139 Å². The van der Waals surface area contributed by atoms with Gasteiger partial charge in [-0.25, -0.2) is 0 Å². The predicted molar refractivity (Wildman–Crippen MR) is 92.6 cm³/mol. The maximum atomic E-state index is 12.0. The number of nitro benzene ring substituents is 1. The molecule has 0 heterocycles. The van der Waals surface area contributed by atoms with Crippen LogP contribution in [0.4, 0.5) is 17.1 Å². The van der Waals surface area contributed by atoms with Crippen LogP contribution < -0.4 is 15.4 Å². The SMILES string of the molecule is CCOc1ccc(NC(=O)CNc2cccc([N+](=O)[O-])c2C)cc1. The van der Waals surface area contributed by atoms with E-state index in [0.717, 1.165) is 5.75 Å². The van der Waals surface area contributed by atoms with Gasteiger partial charge < -0.3 is 15.4 Å². The average Bonchev–Trinajstić information content (AvgIpc) is 2.55. The lowest BCUT2D eigenvalue weighted by Crippen LogP contribution is -2.22. The second kappa shape index (κ2) is 7.96. The topological polar surface area (TPSA) is 93.5 Å². The summed E-state index contributed by atoms with van der Waals surface area (Å²) >= 11 is 0. The van der Waals surface area contributed by atoms with Crippen LogP contribution in [0.25, 0.3) is 0 Å². The van der Waals surface area contributed by atoms with Gasteiger partial charge in [0.2, 0.25) is 5.91 Å². The molecule has 0 aliphatic carbocycles. The summed E-state index contributed by atoms with van der Waals surface area (Å²) in [5.74, 6) is 0.492. The summed E-state index contributed by atoms with van der Waals surface area (Å²) < 4.78 is 5.33. The molecule has 2 aromatic rings. The van der Waals surface area contributed by atoms with Gasteiger partial charge in [0, 0.05) is 23.0 Å². The Balaban J connectivity index is 1.94. The van der Waals surface area contributed by atoms with Gasteiger partial charge >= 0.3 is 0 Å². The Morgan fingerprint density at radius 2 is 1.92 bits per heavy atom. The fourth-order valence-corrected chi connectivity index (χ4v) is 2.19. The minimum atomic E-state index is -0.444. The van der Waals surface area contributed by atoms with Crippen LogP contribution >= 0.6 is 0 Å². The van der Waals surface area contributed by atoms with Gasteiger partial charge in [0.25, 0.3) is 5.69 Å². The van der Waals surface area contributed by atoms with E-state index in [9.17, 15) is 14.9 Å². The van der Waals surface area contributed by atoms with Crippen LogP contribution in [0.5, 0.6) is 5.75 Å². The molecule has 24 heavy (non-hydrogen) atoms. The van der Waals surface area contributed by atoms with E-state index >= 15 is 0 Å². The molecule has 7 heteroatoms. The normalized spacial score (nSPS) is 10.1. The van der Waals surface area contributed by atoms with Crippen LogP contribution in [0, 0.1) is 17.0 Å². The summed E-state index contributed by atoms with van der Waals surface area (Å²) in [6, 6.07) is 11.8. The summed E-state index contributed by atoms with van der Waals surface area (Å²) in [7, 11) is 0. The number of benzene rings is 2. The first-order valence-electron chi connectivity index (χ1n) is 7.52. The summed E-state index contributed by atoms with van der Waals surface area (Å²) in [6.45, 7) is 4.13. The maximum Gasteiger partial charge on any atom is 0.274 e. The van der Waals surface area contributed by atoms with Crippen LogP contribution in [0.15, 0.2) is 42.5 Å². The van der Waals surface area contributed by atoms with E-state index in [-0.39, 0.29) is 18.1 Å². The number of carbonyl (C=O) groups is 1. The fraction of sp³-hybridized carbons (Fsp3) is 0.235. The molecule has 2 rings (SSSR count). The van der Waals surface area contributed by atoms with Crippen molar-refractivity contribution in [2.75, 3.05) is 23.8 Å². The van der Waals surface area contributed by atoms with Crippen LogP contribution in [0.2, 0.25) is 0 Å². The van der Waals surface area contributed by atoms with Crippen LogP contribution in [-0.4, -0.2) is 24.0 Å². The number of anilines is 2. The third kappa shape index (κ3) is 4.45. The molecule has 0 bridgehead atoms. The van der Waals surface area contributed by atoms with Crippen molar-refractivity contribution < 1.29 is 14.5 Å². The molecule has 1 amide bonds. The molecule has 2 N–H and O–H groups in total. The number of nitrogens with zero attached hydrogens (tertiary/aromatic N) is 1. The number of nitro groups is 1. The molecule has 0 saturated carbocycles. The van der Waals surface area contributed by atoms with E-state index in [4.69, 9.17) is 4.74 Å². The van der Waals surface area contributed by atoms with Crippen molar-refractivity contribution in [2.45, 2.75) is 13.8 Å². The highest BCUT2D eigenvalue weighted by molar-refractivity contribution is 5.93. The molecule has 0 aromatic heterocycles. The quantitative estimate of drug-likeness (QED) is 0.600. The average molecular weight is 329 g/mol. The number of hydrogen-bond acceptors (Lipinski definition) is 5. The molecule has 0 saturated heterocycles. The summed E-state index contributed by atoms with van der Waals surface area (Å²) in [4.78, 5) is 22.5. The number of carbonyl (C=O) groups excluding carboxylic acids is 1. The Hall–Kier alpha value is -3.09. The van der Waals surface area contributed by atoms with E-state index in [0.29, 0.717) is 23.5 Å². The monoisotopic (exact) mass is 329 g/mol. The highest BCUT2D eigenvalue weighted by Crippen LogP contribution is 2.24. The van der Waals surface area contributed by atoms with Crippen LogP contribution in [-0.2, 0) is 4.79 Å². The molecule has 0 radical (unpaired) electrons. The van der Waals surface area contributed by atoms with Crippen molar-refractivity contribution in [1.82, 2.24) is 0 Å².